The number of aliphatic hydroxyl groups is 1. The number of hydrogen-bond donors (Lipinski definition) is 1. The van der Waals surface area contributed by atoms with Crippen LogP contribution in [-0.4, -0.2) is 51.0 Å². The van der Waals surface area contributed by atoms with Gasteiger partial charge in [0.2, 0.25) is 0 Å². The predicted octanol–water partition coefficient (Wildman–Crippen LogP) is 6.95. The zero-order valence-electron chi connectivity index (χ0n) is 24.3. The van der Waals surface area contributed by atoms with Crippen molar-refractivity contribution in [2.45, 2.75) is 45.8 Å². The van der Waals surface area contributed by atoms with Crippen LogP contribution in [0.15, 0.2) is 72.9 Å². The predicted molar refractivity (Wildman–Crippen MR) is 163 cm³/mol. The van der Waals surface area contributed by atoms with E-state index in [0.29, 0.717) is 17.5 Å². The van der Waals surface area contributed by atoms with E-state index in [1.54, 1.807) is 40.9 Å². The minimum Gasteiger partial charge on any atom is -0.485 e. The van der Waals surface area contributed by atoms with E-state index < -0.39 is 26.3 Å². The van der Waals surface area contributed by atoms with Crippen LogP contribution in [0.25, 0.3) is 27.8 Å². The number of rotatable bonds is 10. The molecule has 0 saturated carbocycles. The van der Waals surface area contributed by atoms with E-state index in [9.17, 15) is 18.5 Å². The molecule has 220 valence electrons. The Hall–Kier alpha value is -3.81. The van der Waals surface area contributed by atoms with Gasteiger partial charge < -0.3 is 14.4 Å². The van der Waals surface area contributed by atoms with Crippen LogP contribution in [-0.2, 0) is 11.1 Å². The highest BCUT2D eigenvalue weighted by Gasteiger charge is 2.25. The SMILES string of the molecule is Cc1c(C(C)C)c(-c2cccc3nn(C[C@H](O)c4ccccc4)cc23)nn1-c1ccc(P(C)(C)=O)cc1OCC(F)F. The van der Waals surface area contributed by atoms with Crippen LogP contribution in [0.4, 0.5) is 8.78 Å². The monoisotopic (exact) mass is 592 g/mol. The molecule has 0 bridgehead atoms. The van der Waals surface area contributed by atoms with Gasteiger partial charge in [0, 0.05) is 33.7 Å². The molecule has 0 aliphatic heterocycles. The summed E-state index contributed by atoms with van der Waals surface area (Å²) in [6.07, 6.45) is -1.46. The van der Waals surface area contributed by atoms with Gasteiger partial charge in [-0.05, 0) is 56.0 Å². The standard InChI is InChI=1S/C32H35F2N4O3P/c1-20(2)31-21(3)38(27-15-14-23(42(4,5)40)16-29(27)41-19-30(33)34)36-32(31)24-12-9-13-26-25(24)17-37(35-26)18-28(39)22-10-7-6-8-11-22/h6-17,20,28,30,39H,18-19H2,1-5H3/t28-/m0/s1. The zero-order chi connectivity index (χ0) is 30.2. The number of aromatic nitrogens is 4. The van der Waals surface area contributed by atoms with Gasteiger partial charge in [-0.2, -0.15) is 10.2 Å². The smallest absolute Gasteiger partial charge is 0.272 e. The Kier molecular flexibility index (Phi) is 8.35. The van der Waals surface area contributed by atoms with Crippen LogP contribution < -0.4 is 10.0 Å². The molecule has 1 N–H and O–H groups in total. The lowest BCUT2D eigenvalue weighted by Crippen LogP contribution is -2.13. The summed E-state index contributed by atoms with van der Waals surface area (Å²) in [7, 11) is -2.66. The molecular formula is C32H35F2N4O3P. The molecule has 0 unspecified atom stereocenters. The summed E-state index contributed by atoms with van der Waals surface area (Å²) >= 11 is 0. The van der Waals surface area contributed by atoms with E-state index >= 15 is 0 Å². The zero-order valence-corrected chi connectivity index (χ0v) is 25.2. The van der Waals surface area contributed by atoms with Gasteiger partial charge in [0.1, 0.15) is 25.2 Å². The van der Waals surface area contributed by atoms with E-state index in [1.165, 1.54) is 0 Å². The molecule has 0 amide bonds. The summed E-state index contributed by atoms with van der Waals surface area (Å²) in [5.74, 6) is 0.292. The van der Waals surface area contributed by atoms with Gasteiger partial charge in [-0.25, -0.2) is 13.5 Å². The fourth-order valence-electron chi connectivity index (χ4n) is 5.27. The fourth-order valence-corrected chi connectivity index (χ4v) is 6.13. The van der Waals surface area contributed by atoms with E-state index in [2.05, 4.69) is 13.8 Å². The maximum Gasteiger partial charge on any atom is 0.272 e. The number of nitrogens with zero attached hydrogens (tertiary/aromatic N) is 4. The number of ether oxygens (including phenoxy) is 1. The van der Waals surface area contributed by atoms with Gasteiger partial charge in [0.15, 0.2) is 0 Å². The lowest BCUT2D eigenvalue weighted by molar-refractivity contribution is 0.0818. The molecule has 42 heavy (non-hydrogen) atoms. The first kappa shape index (κ1) is 29.7. The molecule has 5 aromatic rings. The highest BCUT2D eigenvalue weighted by atomic mass is 31.2. The molecule has 0 fully saturated rings. The molecule has 0 saturated heterocycles. The topological polar surface area (TPSA) is 82.2 Å². The minimum absolute atomic E-state index is 0.0927. The first-order valence-electron chi connectivity index (χ1n) is 13.8. The molecule has 1 atom stereocenters. The maximum atomic E-state index is 13.2. The Labute approximate surface area is 244 Å². The molecule has 0 aliphatic rings. The minimum atomic E-state index is -2.66. The number of aliphatic hydroxyl groups excluding tert-OH is 1. The van der Waals surface area contributed by atoms with Gasteiger partial charge in [-0.1, -0.05) is 56.3 Å². The van der Waals surface area contributed by atoms with Crippen molar-refractivity contribution < 1.29 is 23.2 Å². The molecule has 3 aromatic carbocycles. The number of fused-ring (bicyclic) bond motifs is 1. The highest BCUT2D eigenvalue weighted by Crippen LogP contribution is 2.40. The first-order chi connectivity index (χ1) is 19.9. The second-order valence-corrected chi connectivity index (χ2v) is 14.4. The van der Waals surface area contributed by atoms with Crippen molar-refractivity contribution in [1.82, 2.24) is 19.6 Å². The first-order valence-corrected chi connectivity index (χ1v) is 16.4. The van der Waals surface area contributed by atoms with Gasteiger partial charge in [-0.3, -0.25) is 4.68 Å². The van der Waals surface area contributed by atoms with Crippen LogP contribution >= 0.6 is 7.14 Å². The summed E-state index contributed by atoms with van der Waals surface area (Å²) in [5.41, 5.74) is 5.53. The highest BCUT2D eigenvalue weighted by molar-refractivity contribution is 7.70. The van der Waals surface area contributed by atoms with Crippen molar-refractivity contribution in [3.63, 3.8) is 0 Å². The van der Waals surface area contributed by atoms with Crippen LogP contribution in [0.2, 0.25) is 0 Å². The van der Waals surface area contributed by atoms with Crippen LogP contribution in [0, 0.1) is 6.92 Å². The Morgan fingerprint density at radius 3 is 2.40 bits per heavy atom. The van der Waals surface area contributed by atoms with Crippen LogP contribution in [0.1, 0.15) is 42.7 Å². The number of halogens is 2. The van der Waals surface area contributed by atoms with Gasteiger partial charge >= 0.3 is 0 Å². The van der Waals surface area contributed by atoms with Crippen molar-refractivity contribution >= 4 is 23.3 Å². The molecule has 0 radical (unpaired) electrons. The average molecular weight is 593 g/mol. The normalized spacial score (nSPS) is 12.9. The largest absolute Gasteiger partial charge is 0.485 e. The molecule has 2 heterocycles. The number of hydrogen-bond acceptors (Lipinski definition) is 5. The van der Waals surface area contributed by atoms with E-state index in [1.807, 2.05) is 61.7 Å². The third-order valence-corrected chi connectivity index (χ3v) is 8.82. The summed E-state index contributed by atoms with van der Waals surface area (Å²) in [5, 5.41) is 21.9. The van der Waals surface area contributed by atoms with E-state index in [0.717, 1.165) is 39.0 Å². The third-order valence-electron chi connectivity index (χ3n) is 7.30. The number of alkyl halides is 2. The van der Waals surface area contributed by atoms with Crippen LogP contribution in [0.3, 0.4) is 0 Å². The summed E-state index contributed by atoms with van der Waals surface area (Å²) < 4.78 is 48.1. The molecule has 2 aromatic heterocycles. The lowest BCUT2D eigenvalue weighted by Gasteiger charge is -2.16. The van der Waals surface area contributed by atoms with Crippen LogP contribution in [0.5, 0.6) is 5.75 Å². The van der Waals surface area contributed by atoms with Crippen molar-refractivity contribution in [3.05, 3.63) is 89.7 Å². The second kappa shape index (κ2) is 11.8. The summed E-state index contributed by atoms with van der Waals surface area (Å²) in [6, 6.07) is 20.3. The Bertz CT molecular complexity index is 1760. The lowest BCUT2D eigenvalue weighted by atomic mass is 9.95. The van der Waals surface area contributed by atoms with E-state index in [-0.39, 0.29) is 11.7 Å². The maximum absolute atomic E-state index is 13.2. The van der Waals surface area contributed by atoms with Crippen molar-refractivity contribution in [1.29, 1.82) is 0 Å². The van der Waals surface area contributed by atoms with Gasteiger partial charge in [0.05, 0.1) is 23.9 Å². The Balaban J connectivity index is 1.61. The molecule has 7 nitrogen and oxygen atoms in total. The van der Waals surface area contributed by atoms with Crippen molar-refractivity contribution in [2.24, 2.45) is 0 Å². The third kappa shape index (κ3) is 6.03. The molecular weight excluding hydrogens is 557 g/mol. The quantitative estimate of drug-likeness (QED) is 0.178. The molecule has 0 aliphatic carbocycles. The molecule has 10 heteroatoms. The summed E-state index contributed by atoms with van der Waals surface area (Å²) in [4.78, 5) is 0. The Morgan fingerprint density at radius 1 is 1.00 bits per heavy atom. The summed E-state index contributed by atoms with van der Waals surface area (Å²) in [6.45, 7) is 8.88. The van der Waals surface area contributed by atoms with Gasteiger partial charge in [-0.15, -0.1) is 0 Å². The number of benzene rings is 3. The fraction of sp³-hybridized carbons (Fsp3) is 0.312. The van der Waals surface area contributed by atoms with Gasteiger partial charge in [0.25, 0.3) is 6.43 Å². The molecule has 0 spiro atoms. The second-order valence-electron chi connectivity index (χ2n) is 11.1. The van der Waals surface area contributed by atoms with E-state index in [4.69, 9.17) is 14.9 Å². The van der Waals surface area contributed by atoms with Crippen molar-refractivity contribution in [3.8, 4) is 22.7 Å². The Morgan fingerprint density at radius 2 is 1.74 bits per heavy atom. The van der Waals surface area contributed by atoms with Crippen molar-refractivity contribution in [2.75, 3.05) is 19.9 Å². The molecule has 5 rings (SSSR count). The average Bonchev–Trinajstić information content (AvgIpc) is 3.51.